The Labute approximate surface area is 129 Å². The largest absolute Gasteiger partial charge is 0.352 e. The molecule has 3 heterocycles. The quantitative estimate of drug-likeness (QED) is 0.572. The molecule has 0 aliphatic carbocycles. The van der Waals surface area contributed by atoms with Crippen LogP contribution in [-0.4, -0.2) is 24.3 Å². The summed E-state index contributed by atoms with van der Waals surface area (Å²) in [5.41, 5.74) is 2.47. The van der Waals surface area contributed by atoms with Gasteiger partial charge < -0.3 is 4.98 Å². The zero-order chi connectivity index (χ0) is 16.1. The van der Waals surface area contributed by atoms with Gasteiger partial charge in [0.2, 0.25) is 0 Å². The molecule has 23 heavy (non-hydrogen) atoms. The highest BCUT2D eigenvalue weighted by atomic mass is 16.2. The lowest BCUT2D eigenvalue weighted by atomic mass is 10.2. The lowest BCUT2D eigenvalue weighted by Gasteiger charge is -2.05. The summed E-state index contributed by atoms with van der Waals surface area (Å²) in [4.78, 5) is 27.8. The van der Waals surface area contributed by atoms with Crippen molar-refractivity contribution in [1.82, 2.24) is 24.3 Å². The Bertz CT molecular complexity index is 1170. The van der Waals surface area contributed by atoms with Gasteiger partial charge in [0.1, 0.15) is 10.9 Å². The molecule has 0 bridgehead atoms. The zero-order valence-electron chi connectivity index (χ0n) is 12.6. The van der Waals surface area contributed by atoms with Crippen LogP contribution in [0.15, 0.2) is 46.0 Å². The lowest BCUT2D eigenvalue weighted by molar-refractivity contribution is 0.704. The van der Waals surface area contributed by atoms with E-state index in [1.807, 2.05) is 36.4 Å². The summed E-state index contributed by atoms with van der Waals surface area (Å²) >= 11 is 0. The van der Waals surface area contributed by atoms with Gasteiger partial charge in [0.25, 0.3) is 5.56 Å². The first-order valence-corrected chi connectivity index (χ1v) is 7.08. The van der Waals surface area contributed by atoms with Crippen molar-refractivity contribution in [3.63, 3.8) is 0 Å². The van der Waals surface area contributed by atoms with Crippen LogP contribution in [0.1, 0.15) is 0 Å². The van der Waals surface area contributed by atoms with Gasteiger partial charge >= 0.3 is 5.69 Å². The Kier molecular flexibility index (Phi) is 2.71. The van der Waals surface area contributed by atoms with Gasteiger partial charge in [-0.1, -0.05) is 30.3 Å². The minimum Gasteiger partial charge on any atom is -0.352 e. The number of nitrogens with zero attached hydrogens (tertiary/aromatic N) is 4. The standard InChI is InChI=1S/C16H13N5O2/c1-20-14-12(15(22)21(2)16(20)23)13-11(18-19-14)8-10(17-13)9-6-4-3-5-7-9/h3-8,17H,1-2H3. The van der Waals surface area contributed by atoms with Crippen molar-refractivity contribution in [2.75, 3.05) is 0 Å². The van der Waals surface area contributed by atoms with E-state index in [4.69, 9.17) is 0 Å². The van der Waals surface area contributed by atoms with Crippen LogP contribution in [0.25, 0.3) is 33.3 Å². The maximum absolute atomic E-state index is 12.5. The molecule has 0 fully saturated rings. The second kappa shape index (κ2) is 4.64. The maximum Gasteiger partial charge on any atom is 0.332 e. The van der Waals surface area contributed by atoms with Crippen LogP contribution in [0.4, 0.5) is 0 Å². The second-order valence-corrected chi connectivity index (χ2v) is 5.41. The van der Waals surface area contributed by atoms with Crippen LogP contribution in [0, 0.1) is 0 Å². The minimum atomic E-state index is -0.425. The monoisotopic (exact) mass is 307 g/mol. The van der Waals surface area contributed by atoms with Crippen LogP contribution < -0.4 is 11.2 Å². The van der Waals surface area contributed by atoms with Crippen LogP contribution >= 0.6 is 0 Å². The van der Waals surface area contributed by atoms with Gasteiger partial charge in [0.15, 0.2) is 5.65 Å². The fourth-order valence-corrected chi connectivity index (χ4v) is 2.76. The molecule has 1 N–H and O–H groups in total. The van der Waals surface area contributed by atoms with Crippen molar-refractivity contribution in [2.45, 2.75) is 0 Å². The highest BCUT2D eigenvalue weighted by Crippen LogP contribution is 2.25. The van der Waals surface area contributed by atoms with Gasteiger partial charge in [-0.3, -0.25) is 13.9 Å². The van der Waals surface area contributed by atoms with E-state index in [2.05, 4.69) is 15.2 Å². The lowest BCUT2D eigenvalue weighted by Crippen LogP contribution is -2.37. The molecule has 1 aromatic carbocycles. The number of H-pyrrole nitrogens is 1. The summed E-state index contributed by atoms with van der Waals surface area (Å²) < 4.78 is 2.40. The van der Waals surface area contributed by atoms with Gasteiger partial charge in [-0.15, -0.1) is 10.2 Å². The number of hydrogen-bond donors (Lipinski definition) is 1. The van der Waals surface area contributed by atoms with E-state index in [1.165, 1.54) is 11.6 Å². The SMILES string of the molecule is Cn1c(=O)c2c3[nH]c(-c4ccccc4)cc3nnc2n(C)c1=O. The van der Waals surface area contributed by atoms with Gasteiger partial charge in [-0.25, -0.2) is 4.79 Å². The number of aromatic nitrogens is 5. The molecule has 0 aliphatic heterocycles. The van der Waals surface area contributed by atoms with Crippen molar-refractivity contribution in [1.29, 1.82) is 0 Å². The molecule has 4 rings (SSSR count). The number of rotatable bonds is 1. The molecular weight excluding hydrogens is 294 g/mol. The number of fused-ring (bicyclic) bond motifs is 3. The van der Waals surface area contributed by atoms with Gasteiger partial charge in [-0.05, 0) is 11.6 Å². The van der Waals surface area contributed by atoms with Crippen molar-refractivity contribution in [3.8, 4) is 11.3 Å². The highest BCUT2D eigenvalue weighted by molar-refractivity contribution is 6.01. The molecule has 0 amide bonds. The van der Waals surface area contributed by atoms with Crippen molar-refractivity contribution < 1.29 is 0 Å². The Balaban J connectivity index is 2.16. The second-order valence-electron chi connectivity index (χ2n) is 5.41. The molecule has 0 atom stereocenters. The Hall–Kier alpha value is -3.22. The number of hydrogen-bond acceptors (Lipinski definition) is 4. The molecule has 0 radical (unpaired) electrons. The molecule has 7 heteroatoms. The Morgan fingerprint density at radius 2 is 1.74 bits per heavy atom. The van der Waals surface area contributed by atoms with E-state index in [9.17, 15) is 9.59 Å². The summed E-state index contributed by atoms with van der Waals surface area (Å²) in [5.74, 6) is 0. The summed E-state index contributed by atoms with van der Waals surface area (Å²) in [7, 11) is 3.03. The van der Waals surface area contributed by atoms with Crippen LogP contribution in [0.3, 0.4) is 0 Å². The molecular formula is C16H13N5O2. The molecule has 4 aromatic rings. The van der Waals surface area contributed by atoms with Crippen LogP contribution in [0.5, 0.6) is 0 Å². The van der Waals surface area contributed by atoms with Crippen molar-refractivity contribution >= 4 is 22.1 Å². The minimum absolute atomic E-state index is 0.270. The van der Waals surface area contributed by atoms with E-state index >= 15 is 0 Å². The third kappa shape index (κ3) is 1.83. The third-order valence-corrected chi connectivity index (χ3v) is 4.02. The average molecular weight is 307 g/mol. The number of nitrogens with one attached hydrogen (secondary N) is 1. The fraction of sp³-hybridized carbons (Fsp3) is 0.125. The summed E-state index contributed by atoms with van der Waals surface area (Å²) in [6.07, 6.45) is 0. The molecule has 0 spiro atoms. The Morgan fingerprint density at radius 1 is 1.00 bits per heavy atom. The number of aryl methyl sites for hydroxylation is 1. The topological polar surface area (TPSA) is 85.6 Å². The van der Waals surface area contributed by atoms with Crippen LogP contribution in [0.2, 0.25) is 0 Å². The molecule has 0 saturated heterocycles. The Morgan fingerprint density at radius 3 is 2.48 bits per heavy atom. The molecule has 0 unspecified atom stereocenters. The summed E-state index contributed by atoms with van der Waals surface area (Å²) in [6.45, 7) is 0. The van der Waals surface area contributed by atoms with Crippen LogP contribution in [-0.2, 0) is 14.1 Å². The first-order chi connectivity index (χ1) is 11.1. The normalized spacial score (nSPS) is 11.4. The van der Waals surface area contributed by atoms with Crippen molar-refractivity contribution in [2.24, 2.45) is 14.1 Å². The summed E-state index contributed by atoms with van der Waals surface area (Å²) in [6, 6.07) is 11.6. The third-order valence-electron chi connectivity index (χ3n) is 4.02. The fourth-order valence-electron chi connectivity index (χ4n) is 2.76. The first-order valence-electron chi connectivity index (χ1n) is 7.08. The predicted molar refractivity (Wildman–Crippen MR) is 87.3 cm³/mol. The van der Waals surface area contributed by atoms with E-state index < -0.39 is 5.69 Å². The molecule has 0 saturated carbocycles. The van der Waals surface area contributed by atoms with Gasteiger partial charge in [0, 0.05) is 19.8 Å². The molecule has 114 valence electrons. The summed E-state index contributed by atoms with van der Waals surface area (Å²) in [5, 5.41) is 8.56. The van der Waals surface area contributed by atoms with Gasteiger partial charge in [0.05, 0.1) is 5.52 Å². The average Bonchev–Trinajstić information content (AvgIpc) is 3.02. The molecule has 3 aromatic heterocycles. The van der Waals surface area contributed by atoms with Gasteiger partial charge in [-0.2, -0.15) is 0 Å². The number of benzene rings is 1. The molecule has 7 nitrogen and oxygen atoms in total. The van der Waals surface area contributed by atoms with E-state index in [1.54, 1.807) is 7.05 Å². The van der Waals surface area contributed by atoms with Crippen molar-refractivity contribution in [3.05, 3.63) is 57.2 Å². The first kappa shape index (κ1) is 13.4. The number of aromatic amines is 1. The maximum atomic E-state index is 12.5. The highest BCUT2D eigenvalue weighted by Gasteiger charge is 2.16. The van der Waals surface area contributed by atoms with E-state index in [0.717, 1.165) is 15.8 Å². The molecule has 0 aliphatic rings. The zero-order valence-corrected chi connectivity index (χ0v) is 12.6. The smallest absolute Gasteiger partial charge is 0.332 e. The van der Waals surface area contributed by atoms with E-state index in [-0.39, 0.29) is 11.2 Å². The van der Waals surface area contributed by atoms with E-state index in [0.29, 0.717) is 16.4 Å². The predicted octanol–water partition coefficient (Wildman–Crippen LogP) is 1.18.